The van der Waals surface area contributed by atoms with E-state index in [2.05, 4.69) is 13.5 Å². The zero-order valence-electron chi connectivity index (χ0n) is 10.3. The Morgan fingerprint density at radius 2 is 2.19 bits per heavy atom. The minimum atomic E-state index is 0.318. The second-order valence-electron chi connectivity index (χ2n) is 4.24. The van der Waals surface area contributed by atoms with Gasteiger partial charge in [0, 0.05) is 6.61 Å². The Kier molecular flexibility index (Phi) is 7.26. The first-order chi connectivity index (χ1) is 7.86. The van der Waals surface area contributed by atoms with Gasteiger partial charge in [-0.05, 0) is 19.3 Å². The molecule has 1 rings (SSSR count). The van der Waals surface area contributed by atoms with Crippen molar-refractivity contribution in [1.29, 1.82) is 0 Å². The van der Waals surface area contributed by atoms with Crippen molar-refractivity contribution in [3.05, 3.63) is 12.8 Å². The third kappa shape index (κ3) is 6.85. The summed E-state index contributed by atoms with van der Waals surface area (Å²) in [6.07, 6.45) is 7.90. The average molecular weight is 228 g/mol. The molecule has 1 aliphatic heterocycles. The third-order valence-corrected chi connectivity index (χ3v) is 2.69. The highest BCUT2D eigenvalue weighted by Gasteiger charge is 2.22. The Hall–Kier alpha value is -0.540. The summed E-state index contributed by atoms with van der Waals surface area (Å²) in [5.41, 5.74) is 0. The minimum absolute atomic E-state index is 0.318. The van der Waals surface area contributed by atoms with Crippen molar-refractivity contribution in [2.45, 2.75) is 51.2 Å². The van der Waals surface area contributed by atoms with Crippen LogP contribution in [0.15, 0.2) is 12.8 Å². The van der Waals surface area contributed by atoms with Gasteiger partial charge in [0.15, 0.2) is 0 Å². The summed E-state index contributed by atoms with van der Waals surface area (Å²) >= 11 is 0. The highest BCUT2D eigenvalue weighted by Crippen LogP contribution is 2.12. The van der Waals surface area contributed by atoms with Crippen molar-refractivity contribution >= 4 is 0 Å². The molecular formula is C13H24O3. The quantitative estimate of drug-likeness (QED) is 0.309. The highest BCUT2D eigenvalue weighted by molar-refractivity contribution is 4.67. The Morgan fingerprint density at radius 3 is 2.81 bits per heavy atom. The van der Waals surface area contributed by atoms with E-state index in [-0.39, 0.29) is 0 Å². The molecule has 2 atom stereocenters. The maximum atomic E-state index is 5.48. The van der Waals surface area contributed by atoms with Gasteiger partial charge in [-0.2, -0.15) is 0 Å². The Labute approximate surface area is 98.8 Å². The number of hydrogen-bond donors (Lipinski definition) is 0. The Bertz CT molecular complexity index is 178. The fourth-order valence-electron chi connectivity index (χ4n) is 1.64. The molecule has 3 heteroatoms. The number of rotatable bonds is 11. The number of epoxide rings is 1. The minimum Gasteiger partial charge on any atom is -0.499 e. The number of unbranched alkanes of at least 4 members (excludes halogenated alkanes) is 1. The van der Waals surface area contributed by atoms with Gasteiger partial charge in [0.05, 0.1) is 25.6 Å². The molecule has 1 heterocycles. The van der Waals surface area contributed by atoms with Crippen LogP contribution in [0.25, 0.3) is 0 Å². The standard InChI is InChI=1S/C13H24O3/c1-3-5-7-12(15-4-2)8-6-9-14-10-13-11-16-13/h4,12-13H,2-3,5-11H2,1H3. The van der Waals surface area contributed by atoms with Crippen molar-refractivity contribution in [1.82, 2.24) is 0 Å². The van der Waals surface area contributed by atoms with Crippen LogP contribution >= 0.6 is 0 Å². The van der Waals surface area contributed by atoms with E-state index in [9.17, 15) is 0 Å². The molecule has 1 fully saturated rings. The monoisotopic (exact) mass is 228 g/mol. The van der Waals surface area contributed by atoms with Gasteiger partial charge in [-0.1, -0.05) is 26.3 Å². The summed E-state index contributed by atoms with van der Waals surface area (Å²) < 4.78 is 16.0. The van der Waals surface area contributed by atoms with Gasteiger partial charge in [-0.25, -0.2) is 0 Å². The van der Waals surface area contributed by atoms with E-state index >= 15 is 0 Å². The number of ether oxygens (including phenoxy) is 3. The largest absolute Gasteiger partial charge is 0.499 e. The van der Waals surface area contributed by atoms with Crippen LogP contribution in [-0.4, -0.2) is 32.0 Å². The summed E-state index contributed by atoms with van der Waals surface area (Å²) in [7, 11) is 0. The summed E-state index contributed by atoms with van der Waals surface area (Å²) in [5, 5.41) is 0. The summed E-state index contributed by atoms with van der Waals surface area (Å²) in [6.45, 7) is 8.25. The molecule has 1 aliphatic rings. The van der Waals surface area contributed by atoms with Crippen molar-refractivity contribution in [3.8, 4) is 0 Å². The van der Waals surface area contributed by atoms with Gasteiger partial charge < -0.3 is 14.2 Å². The van der Waals surface area contributed by atoms with Crippen molar-refractivity contribution in [2.75, 3.05) is 19.8 Å². The molecule has 0 amide bonds. The van der Waals surface area contributed by atoms with Gasteiger partial charge in [-0.15, -0.1) is 0 Å². The van der Waals surface area contributed by atoms with Crippen LogP contribution in [0.5, 0.6) is 0 Å². The summed E-state index contributed by atoms with van der Waals surface area (Å²) in [6, 6.07) is 0. The predicted octanol–water partition coefficient (Wildman–Crippen LogP) is 2.90. The fraction of sp³-hybridized carbons (Fsp3) is 0.846. The van der Waals surface area contributed by atoms with E-state index in [0.717, 1.165) is 39.1 Å². The topological polar surface area (TPSA) is 31.0 Å². The maximum Gasteiger partial charge on any atom is 0.104 e. The van der Waals surface area contributed by atoms with Crippen LogP contribution in [0.2, 0.25) is 0 Å². The van der Waals surface area contributed by atoms with E-state index in [4.69, 9.17) is 14.2 Å². The Morgan fingerprint density at radius 1 is 1.44 bits per heavy atom. The molecule has 0 spiro atoms. The molecule has 0 radical (unpaired) electrons. The molecule has 2 unspecified atom stereocenters. The SMILES string of the molecule is C=COC(CCCC)CCCOCC1CO1. The first kappa shape index (κ1) is 13.5. The van der Waals surface area contributed by atoms with Crippen LogP contribution in [0.4, 0.5) is 0 Å². The molecular weight excluding hydrogens is 204 g/mol. The average Bonchev–Trinajstić information content (AvgIpc) is 3.09. The van der Waals surface area contributed by atoms with Gasteiger partial charge in [0.1, 0.15) is 6.10 Å². The Balaban J connectivity index is 1.94. The molecule has 0 bridgehead atoms. The van der Waals surface area contributed by atoms with E-state index in [1.165, 1.54) is 12.8 Å². The van der Waals surface area contributed by atoms with Gasteiger partial charge in [0.25, 0.3) is 0 Å². The van der Waals surface area contributed by atoms with Crippen LogP contribution < -0.4 is 0 Å². The van der Waals surface area contributed by atoms with Crippen molar-refractivity contribution in [2.24, 2.45) is 0 Å². The molecule has 0 N–H and O–H groups in total. The lowest BCUT2D eigenvalue weighted by molar-refractivity contribution is 0.0851. The van der Waals surface area contributed by atoms with Crippen LogP contribution in [0, 0.1) is 0 Å². The van der Waals surface area contributed by atoms with Crippen LogP contribution in [0.3, 0.4) is 0 Å². The van der Waals surface area contributed by atoms with Crippen molar-refractivity contribution in [3.63, 3.8) is 0 Å². The van der Waals surface area contributed by atoms with Gasteiger partial charge in [0.2, 0.25) is 0 Å². The number of hydrogen-bond acceptors (Lipinski definition) is 3. The first-order valence-corrected chi connectivity index (χ1v) is 6.32. The predicted molar refractivity (Wildman–Crippen MR) is 64.4 cm³/mol. The highest BCUT2D eigenvalue weighted by atomic mass is 16.6. The lowest BCUT2D eigenvalue weighted by atomic mass is 10.1. The smallest absolute Gasteiger partial charge is 0.104 e. The zero-order chi connectivity index (χ0) is 11.6. The summed E-state index contributed by atoms with van der Waals surface area (Å²) in [4.78, 5) is 0. The zero-order valence-corrected chi connectivity index (χ0v) is 10.3. The lowest BCUT2D eigenvalue weighted by Crippen LogP contribution is -2.11. The molecule has 0 saturated carbocycles. The second kappa shape index (κ2) is 8.59. The fourth-order valence-corrected chi connectivity index (χ4v) is 1.64. The van der Waals surface area contributed by atoms with Crippen molar-refractivity contribution < 1.29 is 14.2 Å². The van der Waals surface area contributed by atoms with E-state index in [0.29, 0.717) is 12.2 Å². The molecule has 1 saturated heterocycles. The van der Waals surface area contributed by atoms with E-state index in [1.54, 1.807) is 6.26 Å². The molecule has 16 heavy (non-hydrogen) atoms. The summed E-state index contributed by atoms with van der Waals surface area (Å²) in [5.74, 6) is 0. The van der Waals surface area contributed by atoms with E-state index in [1.807, 2.05) is 0 Å². The maximum absolute atomic E-state index is 5.48. The van der Waals surface area contributed by atoms with E-state index < -0.39 is 0 Å². The van der Waals surface area contributed by atoms with Crippen LogP contribution in [-0.2, 0) is 14.2 Å². The molecule has 94 valence electrons. The third-order valence-electron chi connectivity index (χ3n) is 2.69. The molecule has 0 aromatic heterocycles. The van der Waals surface area contributed by atoms with Gasteiger partial charge >= 0.3 is 0 Å². The molecule has 0 aromatic rings. The molecule has 0 aromatic carbocycles. The second-order valence-corrected chi connectivity index (χ2v) is 4.24. The molecule has 3 nitrogen and oxygen atoms in total. The lowest BCUT2D eigenvalue weighted by Gasteiger charge is -2.15. The van der Waals surface area contributed by atoms with Crippen LogP contribution in [0.1, 0.15) is 39.0 Å². The van der Waals surface area contributed by atoms with Gasteiger partial charge in [-0.3, -0.25) is 0 Å². The normalized spacial score (nSPS) is 20.4. The first-order valence-electron chi connectivity index (χ1n) is 6.32. The molecule has 0 aliphatic carbocycles.